The van der Waals surface area contributed by atoms with Crippen LogP contribution in [0.5, 0.6) is 0 Å². The van der Waals surface area contributed by atoms with E-state index in [1.807, 2.05) is 0 Å². The number of alkyl halides is 1. The second-order valence-electron chi connectivity index (χ2n) is 1.93. The molecule has 0 aromatic heterocycles. The van der Waals surface area contributed by atoms with Gasteiger partial charge in [0.05, 0.1) is 5.75 Å². The molecule has 5 heteroatoms. The van der Waals surface area contributed by atoms with E-state index in [4.69, 9.17) is 16.9 Å². The summed E-state index contributed by atoms with van der Waals surface area (Å²) in [5.41, 5.74) is 0. The lowest BCUT2D eigenvalue weighted by atomic mass is 10.5. The van der Waals surface area contributed by atoms with Crippen LogP contribution in [0.4, 0.5) is 0 Å². The molecule has 10 heavy (non-hydrogen) atoms. The molecule has 0 fully saturated rings. The first-order valence-corrected chi connectivity index (χ1v) is 4.73. The number of rotatable bonds is 2. The van der Waals surface area contributed by atoms with Crippen LogP contribution in [0.25, 0.3) is 0 Å². The van der Waals surface area contributed by atoms with Gasteiger partial charge in [-0.05, 0) is 6.92 Å². The lowest BCUT2D eigenvalue weighted by Crippen LogP contribution is -2.28. The molecule has 0 aliphatic heterocycles. The monoisotopic (exact) mass is 181 g/mol. The Morgan fingerprint density at radius 3 is 2.20 bits per heavy atom. The van der Waals surface area contributed by atoms with Gasteiger partial charge in [0.15, 0.2) is 9.84 Å². The Balaban J connectivity index is 4.88. The largest absolute Gasteiger partial charge is 0.227 e. The highest BCUT2D eigenvalue weighted by atomic mass is 35.5. The van der Waals surface area contributed by atoms with Crippen molar-refractivity contribution in [2.75, 3.05) is 5.75 Å². The van der Waals surface area contributed by atoms with Crippen molar-refractivity contribution in [2.24, 2.45) is 0 Å². The van der Waals surface area contributed by atoms with Crippen molar-refractivity contribution in [3.05, 3.63) is 0 Å². The van der Waals surface area contributed by atoms with Crippen molar-refractivity contribution < 1.29 is 8.42 Å². The summed E-state index contributed by atoms with van der Waals surface area (Å²) in [6.07, 6.45) is 0. The molecule has 0 aliphatic carbocycles. The molecule has 0 aromatic rings. The first-order chi connectivity index (χ1) is 4.37. The number of hydrogen-bond donors (Lipinski definition) is 0. The maximum atomic E-state index is 10.9. The van der Waals surface area contributed by atoms with Gasteiger partial charge in [0, 0.05) is 0 Å². The minimum Gasteiger partial charge on any atom is -0.226 e. The quantitative estimate of drug-likeness (QED) is 0.595. The van der Waals surface area contributed by atoms with Gasteiger partial charge in [-0.2, -0.15) is 5.26 Å². The normalized spacial score (nSPS) is 17.4. The molecule has 1 atom stereocenters. The topological polar surface area (TPSA) is 57.9 Å². The van der Waals surface area contributed by atoms with Gasteiger partial charge in [0.1, 0.15) is 6.07 Å². The molecule has 0 radical (unpaired) electrons. The second kappa shape index (κ2) is 2.77. The Bertz CT molecular complexity index is 249. The molecule has 0 spiro atoms. The molecule has 0 N–H and O–H groups in total. The molecule has 0 aliphatic rings. The second-order valence-corrected chi connectivity index (χ2v) is 5.54. The van der Waals surface area contributed by atoms with Crippen molar-refractivity contribution in [1.29, 1.82) is 5.26 Å². The first-order valence-electron chi connectivity index (χ1n) is 2.70. The van der Waals surface area contributed by atoms with Gasteiger partial charge in [-0.25, -0.2) is 8.42 Å². The van der Waals surface area contributed by atoms with Crippen molar-refractivity contribution in [2.45, 2.75) is 18.1 Å². The van der Waals surface area contributed by atoms with Crippen LogP contribution in [-0.4, -0.2) is 18.4 Å². The Hall–Kier alpha value is -0.270. The summed E-state index contributed by atoms with van der Waals surface area (Å²) < 4.78 is 20.0. The average molecular weight is 182 g/mol. The highest BCUT2D eigenvalue weighted by Crippen LogP contribution is 2.21. The Kier molecular flexibility index (Phi) is 2.69. The number of nitriles is 1. The third-order valence-corrected chi connectivity index (χ3v) is 3.97. The van der Waals surface area contributed by atoms with Crippen LogP contribution in [0.2, 0.25) is 0 Å². The van der Waals surface area contributed by atoms with Crippen molar-refractivity contribution in [3.8, 4) is 6.07 Å². The van der Waals surface area contributed by atoms with Crippen LogP contribution in [-0.2, 0) is 9.84 Å². The fourth-order valence-electron chi connectivity index (χ4n) is 0.341. The van der Waals surface area contributed by atoms with Crippen LogP contribution < -0.4 is 0 Å². The van der Waals surface area contributed by atoms with Crippen LogP contribution in [0, 0.1) is 11.3 Å². The summed E-state index contributed by atoms with van der Waals surface area (Å²) in [6.45, 7) is 2.63. The predicted octanol–water partition coefficient (Wildman–Crippen LogP) is 0.900. The molecule has 0 saturated carbocycles. The van der Waals surface area contributed by atoms with E-state index in [0.717, 1.165) is 0 Å². The zero-order valence-corrected chi connectivity index (χ0v) is 7.33. The summed E-state index contributed by atoms with van der Waals surface area (Å²) in [7, 11) is -3.44. The maximum absolute atomic E-state index is 10.9. The Labute approximate surface area is 65.5 Å². The molecule has 0 amide bonds. The molecule has 0 heterocycles. The molecule has 0 unspecified atom stereocenters. The van der Waals surface area contributed by atoms with E-state index in [1.165, 1.54) is 19.9 Å². The zero-order chi connectivity index (χ0) is 8.41. The Morgan fingerprint density at radius 2 is 2.10 bits per heavy atom. The van der Waals surface area contributed by atoms with Gasteiger partial charge in [0.25, 0.3) is 0 Å². The highest BCUT2D eigenvalue weighted by Gasteiger charge is 2.35. The summed E-state index contributed by atoms with van der Waals surface area (Å²) in [5, 5.41) is 8.30. The van der Waals surface area contributed by atoms with Crippen LogP contribution >= 0.6 is 11.6 Å². The summed E-state index contributed by atoms with van der Waals surface area (Å²) in [6, 6.07) is 1.51. The molecule has 58 valence electrons. The van der Waals surface area contributed by atoms with E-state index < -0.39 is 14.0 Å². The van der Waals surface area contributed by atoms with E-state index in [1.54, 1.807) is 0 Å². The third-order valence-electron chi connectivity index (χ3n) is 1.16. The van der Waals surface area contributed by atoms with Crippen molar-refractivity contribution >= 4 is 21.4 Å². The third kappa shape index (κ3) is 1.61. The van der Waals surface area contributed by atoms with Gasteiger partial charge >= 0.3 is 0 Å². The minimum absolute atomic E-state index is 0.111. The maximum Gasteiger partial charge on any atom is 0.227 e. The van der Waals surface area contributed by atoms with E-state index in [9.17, 15) is 8.42 Å². The molecule has 0 bridgehead atoms. The summed E-state index contributed by atoms with van der Waals surface area (Å²) in [4.78, 5) is 0. The standard InChI is InChI=1S/C5H8ClNO2S/c1-3-10(8,9)5(2,6)4-7/h3H2,1-2H3/t5-/m0/s1. The van der Waals surface area contributed by atoms with Gasteiger partial charge < -0.3 is 0 Å². The van der Waals surface area contributed by atoms with Crippen molar-refractivity contribution in [3.63, 3.8) is 0 Å². The Morgan fingerprint density at radius 1 is 1.70 bits per heavy atom. The SMILES string of the molecule is CCS(=O)(=O)[C@](C)(Cl)C#N. The van der Waals surface area contributed by atoms with Gasteiger partial charge in [0.2, 0.25) is 4.21 Å². The minimum atomic E-state index is -3.44. The average Bonchev–Trinajstić information content (AvgIpc) is 1.88. The smallest absolute Gasteiger partial charge is 0.226 e. The number of nitrogens with zero attached hydrogens (tertiary/aromatic N) is 1. The highest BCUT2D eigenvalue weighted by molar-refractivity contribution is 7.94. The molecular weight excluding hydrogens is 174 g/mol. The van der Waals surface area contributed by atoms with E-state index in [-0.39, 0.29) is 5.75 Å². The predicted molar refractivity (Wildman–Crippen MR) is 39.3 cm³/mol. The van der Waals surface area contributed by atoms with E-state index >= 15 is 0 Å². The number of halogens is 1. The van der Waals surface area contributed by atoms with E-state index in [0.29, 0.717) is 0 Å². The fraction of sp³-hybridized carbons (Fsp3) is 0.800. The number of sulfone groups is 1. The van der Waals surface area contributed by atoms with Gasteiger partial charge in [-0.1, -0.05) is 18.5 Å². The number of hydrogen-bond acceptors (Lipinski definition) is 3. The fourth-order valence-corrected chi connectivity index (χ4v) is 1.35. The molecule has 0 aromatic carbocycles. The molecule has 0 rings (SSSR count). The lowest BCUT2D eigenvalue weighted by Gasteiger charge is -2.10. The van der Waals surface area contributed by atoms with Crippen molar-refractivity contribution in [1.82, 2.24) is 0 Å². The van der Waals surface area contributed by atoms with Crippen LogP contribution in [0.1, 0.15) is 13.8 Å². The van der Waals surface area contributed by atoms with E-state index in [2.05, 4.69) is 0 Å². The zero-order valence-electron chi connectivity index (χ0n) is 5.76. The first kappa shape index (κ1) is 9.73. The summed E-state index contributed by atoms with van der Waals surface area (Å²) >= 11 is 5.36. The molecule has 0 saturated heterocycles. The summed E-state index contributed by atoms with van der Waals surface area (Å²) in [5.74, 6) is -0.111. The van der Waals surface area contributed by atoms with Crippen LogP contribution in [0.3, 0.4) is 0 Å². The van der Waals surface area contributed by atoms with Gasteiger partial charge in [-0.3, -0.25) is 0 Å². The molecule has 3 nitrogen and oxygen atoms in total. The van der Waals surface area contributed by atoms with Crippen LogP contribution in [0.15, 0.2) is 0 Å². The lowest BCUT2D eigenvalue weighted by molar-refractivity contribution is 0.588. The molecular formula is C5H8ClNO2S. The van der Waals surface area contributed by atoms with Gasteiger partial charge in [-0.15, -0.1) is 0 Å².